The summed E-state index contributed by atoms with van der Waals surface area (Å²) in [5.74, 6) is -0.998. The van der Waals surface area contributed by atoms with Crippen molar-refractivity contribution in [1.29, 1.82) is 0 Å². The van der Waals surface area contributed by atoms with E-state index in [9.17, 15) is 10.0 Å². The Balaban J connectivity index is 1.69. The van der Waals surface area contributed by atoms with Crippen molar-refractivity contribution < 1.29 is 15.1 Å². The van der Waals surface area contributed by atoms with E-state index < -0.39 is 5.97 Å². The highest BCUT2D eigenvalue weighted by atomic mass is 35.5. The molecule has 0 aliphatic rings. The molecule has 0 spiro atoms. The number of aromatic nitrogens is 1. The molecule has 3 aromatic carbocycles. The molecular weight excluding hydrogens is 448 g/mol. The molecule has 1 heterocycles. The predicted octanol–water partition coefficient (Wildman–Crippen LogP) is 6.81. The summed E-state index contributed by atoms with van der Waals surface area (Å²) in [5, 5.41) is 22.9. The topological polar surface area (TPSA) is 82.8 Å². The van der Waals surface area contributed by atoms with Crippen molar-refractivity contribution in [3.8, 4) is 11.1 Å². The molecule has 0 radical (unpaired) electrons. The smallest absolute Gasteiger partial charge is 0.335 e. The van der Waals surface area contributed by atoms with Crippen molar-refractivity contribution >= 4 is 23.3 Å². The summed E-state index contributed by atoms with van der Waals surface area (Å²) in [6.07, 6.45) is 2.06. The maximum Gasteiger partial charge on any atom is 0.335 e. The van der Waals surface area contributed by atoms with Gasteiger partial charge in [0, 0.05) is 24.1 Å². The van der Waals surface area contributed by atoms with Gasteiger partial charge < -0.3 is 10.3 Å². The average Bonchev–Trinajstić information content (AvgIpc) is 2.86. The van der Waals surface area contributed by atoms with Gasteiger partial charge in [-0.05, 0) is 59.0 Å². The van der Waals surface area contributed by atoms with Crippen LogP contribution in [0.15, 0.2) is 96.3 Å². The van der Waals surface area contributed by atoms with Gasteiger partial charge in [-0.25, -0.2) is 9.78 Å². The van der Waals surface area contributed by atoms with Crippen LogP contribution in [0, 0.1) is 6.92 Å². The Morgan fingerprint density at radius 1 is 0.941 bits per heavy atom. The second-order valence-corrected chi connectivity index (χ2v) is 8.42. The Morgan fingerprint density at radius 2 is 1.59 bits per heavy atom. The minimum absolute atomic E-state index is 0.0533. The normalized spacial score (nSPS) is 12.4. The summed E-state index contributed by atoms with van der Waals surface area (Å²) in [6.45, 7) is 2.07. The van der Waals surface area contributed by atoms with Gasteiger partial charge in [-0.3, -0.25) is 0 Å². The van der Waals surface area contributed by atoms with E-state index in [2.05, 4.69) is 41.3 Å². The number of benzene rings is 3. The van der Waals surface area contributed by atoms with Crippen LogP contribution in [0.5, 0.6) is 0 Å². The molecule has 1 aromatic heterocycles. The molecule has 6 heteroatoms. The lowest BCUT2D eigenvalue weighted by atomic mass is 9.83. The van der Waals surface area contributed by atoms with Crippen molar-refractivity contribution in [2.24, 2.45) is 5.16 Å². The first-order valence-electron chi connectivity index (χ1n) is 10.8. The molecule has 0 fully saturated rings. The van der Waals surface area contributed by atoms with E-state index in [1.807, 2.05) is 24.3 Å². The quantitative estimate of drug-likeness (QED) is 0.134. The Bertz CT molecular complexity index is 1330. The molecule has 0 saturated carbocycles. The highest BCUT2D eigenvalue weighted by molar-refractivity contribution is 6.29. The monoisotopic (exact) mass is 470 g/mol. The molecule has 34 heavy (non-hydrogen) atoms. The summed E-state index contributed by atoms with van der Waals surface area (Å²) in [4.78, 5) is 15.1. The number of hydrogen-bond donors (Lipinski definition) is 2. The zero-order valence-electron chi connectivity index (χ0n) is 18.5. The van der Waals surface area contributed by atoms with Crippen LogP contribution in [0.4, 0.5) is 0 Å². The van der Waals surface area contributed by atoms with E-state index >= 15 is 0 Å². The third kappa shape index (κ3) is 5.16. The fraction of sp³-hybridized carbons (Fsp3) is 0.107. The third-order valence-electron chi connectivity index (χ3n) is 5.92. The summed E-state index contributed by atoms with van der Waals surface area (Å²) in [7, 11) is 0. The third-order valence-corrected chi connectivity index (χ3v) is 6.13. The van der Waals surface area contributed by atoms with Gasteiger partial charge in [-0.15, -0.1) is 0 Å². The highest BCUT2D eigenvalue weighted by Crippen LogP contribution is 2.33. The van der Waals surface area contributed by atoms with E-state index in [-0.39, 0.29) is 11.5 Å². The first-order valence-corrected chi connectivity index (χ1v) is 11.2. The molecule has 1 atom stereocenters. The van der Waals surface area contributed by atoms with Crippen molar-refractivity contribution in [1.82, 2.24) is 4.98 Å². The SMILES string of the molecule is Cc1ccccc1[C@H](C/C(=N\O)c1ccnc(Cl)c1)c1ccc(-c2ccc(C(=O)O)cc2)cc1. The molecule has 0 aliphatic heterocycles. The van der Waals surface area contributed by atoms with Gasteiger partial charge in [0.05, 0.1) is 11.3 Å². The number of carbonyl (C=O) groups is 1. The van der Waals surface area contributed by atoms with Gasteiger partial charge in [0.2, 0.25) is 0 Å². The van der Waals surface area contributed by atoms with Gasteiger partial charge in [0.25, 0.3) is 0 Å². The summed E-state index contributed by atoms with van der Waals surface area (Å²) in [6, 6.07) is 26.6. The van der Waals surface area contributed by atoms with E-state index in [0.717, 1.165) is 33.4 Å². The summed E-state index contributed by atoms with van der Waals surface area (Å²) in [5.41, 5.74) is 6.78. The minimum atomic E-state index is -0.945. The number of halogens is 1. The van der Waals surface area contributed by atoms with Gasteiger partial charge in [0.15, 0.2) is 0 Å². The second-order valence-electron chi connectivity index (χ2n) is 8.03. The minimum Gasteiger partial charge on any atom is -0.478 e. The van der Waals surface area contributed by atoms with Crippen LogP contribution in [-0.4, -0.2) is 27.0 Å². The maximum absolute atomic E-state index is 11.1. The van der Waals surface area contributed by atoms with Crippen LogP contribution < -0.4 is 0 Å². The van der Waals surface area contributed by atoms with Crippen LogP contribution in [0.2, 0.25) is 5.15 Å². The number of aromatic carboxylic acids is 1. The summed E-state index contributed by atoms with van der Waals surface area (Å²) >= 11 is 6.06. The van der Waals surface area contributed by atoms with Crippen molar-refractivity contribution in [3.63, 3.8) is 0 Å². The van der Waals surface area contributed by atoms with Crippen molar-refractivity contribution in [3.05, 3.63) is 124 Å². The van der Waals surface area contributed by atoms with Crippen LogP contribution >= 0.6 is 11.6 Å². The number of oxime groups is 1. The zero-order valence-corrected chi connectivity index (χ0v) is 19.3. The van der Waals surface area contributed by atoms with E-state index in [4.69, 9.17) is 16.7 Å². The molecule has 4 aromatic rings. The molecular formula is C28H23ClN2O3. The van der Waals surface area contributed by atoms with Gasteiger partial charge in [-0.1, -0.05) is 77.4 Å². The van der Waals surface area contributed by atoms with E-state index in [1.54, 1.807) is 42.6 Å². The number of carboxylic acids is 1. The Morgan fingerprint density at radius 3 is 2.18 bits per heavy atom. The lowest BCUT2D eigenvalue weighted by Gasteiger charge is -2.21. The Kier molecular flexibility index (Phi) is 7.04. The number of hydrogen-bond acceptors (Lipinski definition) is 4. The molecule has 0 amide bonds. The first-order chi connectivity index (χ1) is 16.5. The predicted molar refractivity (Wildman–Crippen MR) is 134 cm³/mol. The van der Waals surface area contributed by atoms with Crippen LogP contribution in [-0.2, 0) is 0 Å². The lowest BCUT2D eigenvalue weighted by Crippen LogP contribution is -2.12. The van der Waals surface area contributed by atoms with E-state index in [0.29, 0.717) is 17.3 Å². The molecule has 2 N–H and O–H groups in total. The number of carboxylic acid groups (broad SMARTS) is 1. The van der Waals surface area contributed by atoms with Crippen LogP contribution in [0.25, 0.3) is 11.1 Å². The number of nitrogens with zero attached hydrogens (tertiary/aromatic N) is 2. The van der Waals surface area contributed by atoms with E-state index in [1.165, 1.54) is 0 Å². The second kappa shape index (κ2) is 10.3. The van der Waals surface area contributed by atoms with Crippen molar-refractivity contribution in [2.75, 3.05) is 0 Å². The largest absolute Gasteiger partial charge is 0.478 e. The molecule has 170 valence electrons. The standard InChI is InChI=1S/C28H23ClN2O3/c1-18-4-2-3-5-24(18)25(17-26(31-34)23-14-15-30-27(29)16-23)21-10-6-19(7-11-21)20-8-12-22(13-9-20)28(32)33/h2-16,25,34H,17H2,1H3,(H,32,33)/b31-26+/t25-/m1/s1. The Labute approximate surface area is 203 Å². The maximum atomic E-state index is 11.1. The fourth-order valence-electron chi connectivity index (χ4n) is 4.09. The highest BCUT2D eigenvalue weighted by Gasteiger charge is 2.20. The molecule has 0 unspecified atom stereocenters. The lowest BCUT2D eigenvalue weighted by molar-refractivity contribution is 0.0697. The number of rotatable bonds is 7. The molecule has 5 nitrogen and oxygen atoms in total. The van der Waals surface area contributed by atoms with Crippen molar-refractivity contribution in [2.45, 2.75) is 19.3 Å². The molecule has 4 rings (SSSR count). The number of pyridine rings is 1. The van der Waals surface area contributed by atoms with Gasteiger partial charge in [0.1, 0.15) is 5.15 Å². The first kappa shape index (κ1) is 23.2. The fourth-order valence-corrected chi connectivity index (χ4v) is 4.26. The molecule has 0 saturated heterocycles. The van der Waals surface area contributed by atoms with Gasteiger partial charge >= 0.3 is 5.97 Å². The molecule has 0 bridgehead atoms. The number of aryl methyl sites for hydroxylation is 1. The molecule has 0 aliphatic carbocycles. The van der Waals surface area contributed by atoms with Crippen LogP contribution in [0.3, 0.4) is 0 Å². The van der Waals surface area contributed by atoms with Gasteiger partial charge in [-0.2, -0.15) is 0 Å². The summed E-state index contributed by atoms with van der Waals surface area (Å²) < 4.78 is 0. The zero-order chi connectivity index (χ0) is 24.1. The Hall–Kier alpha value is -3.96. The van der Waals surface area contributed by atoms with Crippen LogP contribution in [0.1, 0.15) is 45.0 Å². The average molecular weight is 471 g/mol.